The summed E-state index contributed by atoms with van der Waals surface area (Å²) in [6, 6.07) is 1.30. The van der Waals surface area contributed by atoms with Crippen molar-refractivity contribution in [2.24, 2.45) is 11.8 Å². The topological polar surface area (TPSA) is 40.5 Å². The van der Waals surface area contributed by atoms with Gasteiger partial charge in [0.1, 0.15) is 0 Å². The Bertz CT molecular complexity index is 340. The lowest BCUT2D eigenvalue weighted by Crippen LogP contribution is -2.48. The van der Waals surface area contributed by atoms with E-state index in [0.29, 0.717) is 12.5 Å². The first-order valence-corrected chi connectivity index (χ1v) is 8.71. The molecule has 3 atom stereocenters. The number of aliphatic carboxylic acids is 1. The number of piperidine rings is 1. The molecule has 3 aliphatic rings. The molecule has 1 heterocycles. The van der Waals surface area contributed by atoms with Crippen molar-refractivity contribution in [3.8, 4) is 0 Å². The number of nitrogens with zero attached hydrogens (tertiary/aromatic N) is 1. The highest BCUT2D eigenvalue weighted by molar-refractivity contribution is 5.66. The molecule has 0 amide bonds. The van der Waals surface area contributed by atoms with E-state index in [1.165, 1.54) is 64.3 Å². The van der Waals surface area contributed by atoms with Gasteiger partial charge in [0, 0.05) is 18.5 Å². The van der Waals surface area contributed by atoms with Crippen LogP contribution in [0.15, 0.2) is 0 Å². The monoisotopic (exact) mass is 279 g/mol. The van der Waals surface area contributed by atoms with Gasteiger partial charge in [-0.05, 0) is 63.3 Å². The molecule has 3 heteroatoms. The van der Waals surface area contributed by atoms with Crippen LogP contribution in [0.4, 0.5) is 0 Å². The highest BCUT2D eigenvalue weighted by Gasteiger charge is 2.38. The van der Waals surface area contributed by atoms with Crippen LogP contribution in [0.5, 0.6) is 0 Å². The number of rotatable bonds is 5. The Labute approximate surface area is 122 Å². The predicted octanol–water partition coefficient (Wildman–Crippen LogP) is 3.67. The van der Waals surface area contributed by atoms with E-state index in [1.54, 1.807) is 0 Å². The first kappa shape index (κ1) is 14.4. The molecule has 20 heavy (non-hydrogen) atoms. The molecule has 0 aromatic rings. The van der Waals surface area contributed by atoms with E-state index in [1.807, 2.05) is 0 Å². The van der Waals surface area contributed by atoms with Crippen LogP contribution in [0.25, 0.3) is 0 Å². The maximum absolute atomic E-state index is 10.9. The zero-order valence-corrected chi connectivity index (χ0v) is 12.6. The first-order chi connectivity index (χ1) is 9.74. The number of carboxylic acids is 1. The minimum Gasteiger partial charge on any atom is -0.481 e. The number of likely N-dealkylation sites (tertiary alicyclic amines) is 1. The van der Waals surface area contributed by atoms with Crippen LogP contribution in [-0.2, 0) is 4.79 Å². The van der Waals surface area contributed by atoms with E-state index in [-0.39, 0.29) is 0 Å². The van der Waals surface area contributed by atoms with Gasteiger partial charge >= 0.3 is 5.97 Å². The third-order valence-electron chi connectivity index (χ3n) is 5.81. The van der Waals surface area contributed by atoms with Gasteiger partial charge in [0.05, 0.1) is 0 Å². The zero-order chi connectivity index (χ0) is 13.9. The normalized spacial score (nSPS) is 35.9. The van der Waals surface area contributed by atoms with Crippen molar-refractivity contribution in [2.75, 3.05) is 6.54 Å². The predicted molar refractivity (Wildman–Crippen MR) is 79.7 cm³/mol. The quantitative estimate of drug-likeness (QED) is 0.834. The van der Waals surface area contributed by atoms with Crippen molar-refractivity contribution < 1.29 is 9.90 Å². The molecule has 1 saturated heterocycles. The van der Waals surface area contributed by atoms with Gasteiger partial charge in [0.25, 0.3) is 0 Å². The summed E-state index contributed by atoms with van der Waals surface area (Å²) >= 11 is 0. The van der Waals surface area contributed by atoms with Gasteiger partial charge in [-0.15, -0.1) is 0 Å². The summed E-state index contributed by atoms with van der Waals surface area (Å²) in [5.74, 6) is 1.39. The zero-order valence-electron chi connectivity index (χ0n) is 12.6. The Morgan fingerprint density at radius 2 is 1.85 bits per heavy atom. The molecule has 3 rings (SSSR count). The van der Waals surface area contributed by atoms with Gasteiger partial charge < -0.3 is 5.11 Å². The fourth-order valence-corrected chi connectivity index (χ4v) is 4.60. The molecular formula is C17H29NO2. The fraction of sp³-hybridized carbons (Fsp3) is 0.941. The molecule has 114 valence electrons. The summed E-state index contributed by atoms with van der Waals surface area (Å²) in [5, 5.41) is 8.95. The van der Waals surface area contributed by atoms with Crippen LogP contribution in [-0.4, -0.2) is 34.6 Å². The van der Waals surface area contributed by atoms with Crippen molar-refractivity contribution in [1.82, 2.24) is 4.90 Å². The Hall–Kier alpha value is -0.570. The Morgan fingerprint density at radius 1 is 1.00 bits per heavy atom. The summed E-state index contributed by atoms with van der Waals surface area (Å²) in [6.07, 6.45) is 13.6. The second kappa shape index (κ2) is 6.46. The van der Waals surface area contributed by atoms with E-state index in [4.69, 9.17) is 5.11 Å². The molecule has 3 unspecified atom stereocenters. The lowest BCUT2D eigenvalue weighted by atomic mass is 9.80. The fourth-order valence-electron chi connectivity index (χ4n) is 4.60. The molecule has 2 saturated carbocycles. The molecule has 0 bridgehead atoms. The molecule has 2 aliphatic carbocycles. The van der Waals surface area contributed by atoms with Gasteiger partial charge in [0.2, 0.25) is 0 Å². The smallest absolute Gasteiger partial charge is 0.303 e. The minimum atomic E-state index is -0.630. The third-order valence-corrected chi connectivity index (χ3v) is 5.81. The second-order valence-corrected chi connectivity index (χ2v) is 7.24. The van der Waals surface area contributed by atoms with Crippen molar-refractivity contribution in [3.05, 3.63) is 0 Å². The highest BCUT2D eigenvalue weighted by atomic mass is 16.4. The van der Waals surface area contributed by atoms with E-state index in [2.05, 4.69) is 4.90 Å². The molecule has 1 aliphatic heterocycles. The van der Waals surface area contributed by atoms with E-state index >= 15 is 0 Å². The molecule has 0 aromatic carbocycles. The second-order valence-electron chi connectivity index (χ2n) is 7.24. The summed E-state index contributed by atoms with van der Waals surface area (Å²) in [6.45, 7) is 1.21. The van der Waals surface area contributed by atoms with Crippen LogP contribution in [0.3, 0.4) is 0 Å². The van der Waals surface area contributed by atoms with Crippen molar-refractivity contribution in [1.29, 1.82) is 0 Å². The van der Waals surface area contributed by atoms with E-state index < -0.39 is 5.97 Å². The Morgan fingerprint density at radius 3 is 2.60 bits per heavy atom. The SMILES string of the molecule is O=C(O)CCC1CCCCN1C1CCCC(C2CC2)C1. The van der Waals surface area contributed by atoms with Crippen LogP contribution >= 0.6 is 0 Å². The number of carboxylic acid groups (broad SMARTS) is 1. The van der Waals surface area contributed by atoms with Crippen molar-refractivity contribution in [3.63, 3.8) is 0 Å². The summed E-state index contributed by atoms with van der Waals surface area (Å²) in [4.78, 5) is 13.6. The summed E-state index contributed by atoms with van der Waals surface area (Å²) in [7, 11) is 0. The lowest BCUT2D eigenvalue weighted by molar-refractivity contribution is -0.137. The van der Waals surface area contributed by atoms with Gasteiger partial charge in [0.15, 0.2) is 0 Å². The van der Waals surface area contributed by atoms with Crippen LogP contribution in [0.2, 0.25) is 0 Å². The maximum Gasteiger partial charge on any atom is 0.303 e. The summed E-state index contributed by atoms with van der Waals surface area (Å²) in [5.41, 5.74) is 0. The highest BCUT2D eigenvalue weighted by Crippen LogP contribution is 2.45. The average molecular weight is 279 g/mol. The first-order valence-electron chi connectivity index (χ1n) is 8.71. The van der Waals surface area contributed by atoms with Crippen LogP contribution in [0.1, 0.15) is 70.6 Å². The van der Waals surface area contributed by atoms with E-state index in [9.17, 15) is 4.79 Å². The minimum absolute atomic E-state index is 0.347. The van der Waals surface area contributed by atoms with Crippen molar-refractivity contribution in [2.45, 2.75) is 82.7 Å². The molecular weight excluding hydrogens is 250 g/mol. The molecule has 0 spiro atoms. The van der Waals surface area contributed by atoms with Crippen molar-refractivity contribution >= 4 is 5.97 Å². The molecule has 3 nitrogen and oxygen atoms in total. The van der Waals surface area contributed by atoms with Gasteiger partial charge in [-0.2, -0.15) is 0 Å². The number of carbonyl (C=O) groups is 1. The van der Waals surface area contributed by atoms with Crippen LogP contribution in [0, 0.1) is 11.8 Å². The maximum atomic E-state index is 10.9. The number of hydrogen-bond acceptors (Lipinski definition) is 2. The Kier molecular flexibility index (Phi) is 4.65. The molecule has 3 fully saturated rings. The average Bonchev–Trinajstić information content (AvgIpc) is 3.30. The third kappa shape index (κ3) is 3.55. The van der Waals surface area contributed by atoms with Gasteiger partial charge in [-0.3, -0.25) is 9.69 Å². The molecule has 1 N–H and O–H groups in total. The van der Waals surface area contributed by atoms with Gasteiger partial charge in [-0.1, -0.05) is 19.3 Å². The standard InChI is InChI=1S/C17H29NO2/c19-17(20)10-9-15-5-1-2-11-18(15)16-6-3-4-14(12-16)13-7-8-13/h13-16H,1-12H2,(H,19,20). The number of hydrogen-bond donors (Lipinski definition) is 1. The lowest BCUT2D eigenvalue weighted by Gasteiger charge is -2.44. The van der Waals surface area contributed by atoms with Crippen LogP contribution < -0.4 is 0 Å². The largest absolute Gasteiger partial charge is 0.481 e. The van der Waals surface area contributed by atoms with Gasteiger partial charge in [-0.25, -0.2) is 0 Å². The molecule has 0 radical (unpaired) electrons. The Balaban J connectivity index is 1.58. The summed E-state index contributed by atoms with van der Waals surface area (Å²) < 4.78 is 0. The molecule has 0 aromatic heterocycles. The van der Waals surface area contributed by atoms with E-state index in [0.717, 1.165) is 24.3 Å².